The van der Waals surface area contributed by atoms with Crippen LogP contribution in [-0.4, -0.2) is 49.2 Å². The second kappa shape index (κ2) is 8.99. The molecule has 7 nitrogen and oxygen atoms in total. The zero-order chi connectivity index (χ0) is 21.9. The van der Waals surface area contributed by atoms with Gasteiger partial charge in [-0.05, 0) is 24.3 Å². The number of sulfonamides is 1. The van der Waals surface area contributed by atoms with Gasteiger partial charge >= 0.3 is 5.97 Å². The third-order valence-corrected chi connectivity index (χ3v) is 7.10. The molecule has 0 saturated heterocycles. The van der Waals surface area contributed by atoms with Gasteiger partial charge < -0.3 is 9.72 Å². The van der Waals surface area contributed by atoms with E-state index in [4.69, 9.17) is 16.3 Å². The first-order valence-electron chi connectivity index (χ1n) is 9.35. The minimum atomic E-state index is -3.77. The number of ketones is 1. The van der Waals surface area contributed by atoms with Crippen molar-refractivity contribution < 1.29 is 22.7 Å². The number of hydrogen-bond donors (Lipinski definition) is 1. The quantitative estimate of drug-likeness (QED) is 0.416. The third kappa shape index (κ3) is 4.26. The van der Waals surface area contributed by atoms with Crippen LogP contribution in [0, 0.1) is 0 Å². The Morgan fingerprint density at radius 1 is 1.07 bits per heavy atom. The van der Waals surface area contributed by atoms with Crippen LogP contribution in [0.3, 0.4) is 0 Å². The summed E-state index contributed by atoms with van der Waals surface area (Å²) >= 11 is 6.08. The SMILES string of the molecule is CCN(CC)S(=O)(=O)c1ccc(Cl)c(C(=O)OCC(=O)c2c[nH]c3ccccc23)c1. The van der Waals surface area contributed by atoms with Crippen LogP contribution < -0.4 is 0 Å². The highest BCUT2D eigenvalue weighted by Crippen LogP contribution is 2.24. The Hall–Kier alpha value is -2.68. The number of fused-ring (bicyclic) bond motifs is 1. The lowest BCUT2D eigenvalue weighted by atomic mass is 10.1. The molecule has 1 aromatic heterocycles. The lowest BCUT2D eigenvalue weighted by molar-refractivity contribution is 0.0475. The van der Waals surface area contributed by atoms with Crippen LogP contribution in [0.15, 0.2) is 53.6 Å². The van der Waals surface area contributed by atoms with E-state index in [1.807, 2.05) is 12.1 Å². The van der Waals surface area contributed by atoms with Crippen LogP contribution in [0.25, 0.3) is 10.9 Å². The summed E-state index contributed by atoms with van der Waals surface area (Å²) in [7, 11) is -3.77. The fourth-order valence-corrected chi connectivity index (χ4v) is 4.80. The van der Waals surface area contributed by atoms with Gasteiger partial charge in [-0.15, -0.1) is 0 Å². The highest BCUT2D eigenvalue weighted by molar-refractivity contribution is 7.89. The van der Waals surface area contributed by atoms with E-state index in [1.165, 1.54) is 22.5 Å². The maximum atomic E-state index is 12.7. The molecule has 0 aliphatic carbocycles. The highest BCUT2D eigenvalue weighted by atomic mass is 35.5. The monoisotopic (exact) mass is 448 g/mol. The molecule has 0 saturated carbocycles. The van der Waals surface area contributed by atoms with E-state index in [9.17, 15) is 18.0 Å². The molecule has 9 heteroatoms. The van der Waals surface area contributed by atoms with E-state index in [2.05, 4.69) is 4.98 Å². The molecule has 158 valence electrons. The van der Waals surface area contributed by atoms with Gasteiger partial charge in [0.25, 0.3) is 0 Å². The maximum Gasteiger partial charge on any atom is 0.340 e. The number of benzene rings is 2. The number of halogens is 1. The summed E-state index contributed by atoms with van der Waals surface area (Å²) in [6, 6.07) is 11.1. The van der Waals surface area contributed by atoms with Gasteiger partial charge in [-0.2, -0.15) is 4.31 Å². The van der Waals surface area contributed by atoms with Gasteiger partial charge in [0, 0.05) is 35.8 Å². The van der Waals surface area contributed by atoms with Crippen LogP contribution in [-0.2, 0) is 14.8 Å². The molecule has 0 unspecified atom stereocenters. The Labute approximate surface area is 179 Å². The summed E-state index contributed by atoms with van der Waals surface area (Å²) in [5.41, 5.74) is 1.09. The fraction of sp³-hybridized carbons (Fsp3) is 0.238. The Bertz CT molecular complexity index is 1200. The number of rotatable bonds is 8. The number of carbonyl (C=O) groups excluding carboxylic acids is 2. The zero-order valence-electron chi connectivity index (χ0n) is 16.5. The van der Waals surface area contributed by atoms with E-state index in [-0.39, 0.29) is 21.3 Å². The van der Waals surface area contributed by atoms with E-state index in [1.54, 1.807) is 32.2 Å². The minimum absolute atomic E-state index is 0.0399. The van der Waals surface area contributed by atoms with Crippen molar-refractivity contribution in [3.05, 3.63) is 64.8 Å². The van der Waals surface area contributed by atoms with Gasteiger partial charge in [0.1, 0.15) is 0 Å². The Kier molecular flexibility index (Phi) is 6.60. The van der Waals surface area contributed by atoms with Gasteiger partial charge in [0.2, 0.25) is 15.8 Å². The molecular formula is C21H21ClN2O5S. The van der Waals surface area contributed by atoms with E-state index >= 15 is 0 Å². The standard InChI is InChI=1S/C21H21ClN2O5S/c1-3-24(4-2)30(27,28)14-9-10-18(22)16(11-14)21(26)29-13-20(25)17-12-23-19-8-6-5-7-15(17)19/h5-12,23H,3-4,13H2,1-2H3. The first-order chi connectivity index (χ1) is 14.3. The number of carbonyl (C=O) groups is 2. The van der Waals surface area contributed by atoms with Crippen molar-refractivity contribution in [2.24, 2.45) is 0 Å². The van der Waals surface area contributed by atoms with Gasteiger partial charge in [-0.1, -0.05) is 43.6 Å². The normalized spacial score (nSPS) is 11.7. The maximum absolute atomic E-state index is 12.7. The Morgan fingerprint density at radius 3 is 2.47 bits per heavy atom. The van der Waals surface area contributed by atoms with Crippen molar-refractivity contribution >= 4 is 44.3 Å². The predicted molar refractivity (Wildman–Crippen MR) is 114 cm³/mol. The van der Waals surface area contributed by atoms with E-state index in [0.717, 1.165) is 10.9 Å². The molecule has 1 N–H and O–H groups in total. The molecule has 3 aromatic rings. The summed E-state index contributed by atoms with van der Waals surface area (Å²) in [6.45, 7) is 3.54. The molecule has 30 heavy (non-hydrogen) atoms. The van der Waals surface area contributed by atoms with Crippen molar-refractivity contribution in [3.8, 4) is 0 Å². The highest BCUT2D eigenvalue weighted by Gasteiger charge is 2.25. The molecule has 0 amide bonds. The molecule has 3 rings (SSSR count). The molecular weight excluding hydrogens is 428 g/mol. The summed E-state index contributed by atoms with van der Waals surface area (Å²) in [5.74, 6) is -1.26. The molecule has 1 heterocycles. The van der Waals surface area contributed by atoms with Crippen molar-refractivity contribution in [2.45, 2.75) is 18.7 Å². The molecule has 2 aromatic carbocycles. The molecule has 0 spiro atoms. The number of aromatic nitrogens is 1. The number of ether oxygens (including phenoxy) is 1. The lowest BCUT2D eigenvalue weighted by Gasteiger charge is -2.19. The van der Waals surface area contributed by atoms with Crippen LogP contribution in [0.4, 0.5) is 0 Å². The number of aromatic amines is 1. The Balaban J connectivity index is 1.79. The summed E-state index contributed by atoms with van der Waals surface area (Å²) < 4.78 is 31.8. The summed E-state index contributed by atoms with van der Waals surface area (Å²) in [6.07, 6.45) is 1.56. The zero-order valence-corrected chi connectivity index (χ0v) is 18.1. The lowest BCUT2D eigenvalue weighted by Crippen LogP contribution is -2.30. The summed E-state index contributed by atoms with van der Waals surface area (Å²) in [4.78, 5) is 27.9. The first-order valence-corrected chi connectivity index (χ1v) is 11.2. The number of nitrogens with one attached hydrogen (secondary N) is 1. The van der Waals surface area contributed by atoms with Gasteiger partial charge in [0.15, 0.2) is 6.61 Å². The van der Waals surface area contributed by atoms with E-state index < -0.39 is 22.6 Å². The molecule has 0 bridgehead atoms. The molecule has 0 aliphatic rings. The van der Waals surface area contributed by atoms with E-state index in [0.29, 0.717) is 18.7 Å². The number of nitrogens with zero attached hydrogens (tertiary/aromatic N) is 1. The second-order valence-corrected chi connectivity index (χ2v) is 8.82. The van der Waals surface area contributed by atoms with Crippen molar-refractivity contribution in [1.29, 1.82) is 0 Å². The molecule has 0 aliphatic heterocycles. The molecule has 0 atom stereocenters. The average Bonchev–Trinajstić information content (AvgIpc) is 3.17. The Morgan fingerprint density at radius 2 is 1.77 bits per heavy atom. The minimum Gasteiger partial charge on any atom is -0.454 e. The third-order valence-electron chi connectivity index (χ3n) is 4.72. The number of Topliss-reactive ketones (excluding diaryl/α,β-unsaturated/α-hetero) is 1. The van der Waals surface area contributed by atoms with Gasteiger partial charge in [0.05, 0.1) is 15.5 Å². The van der Waals surface area contributed by atoms with Crippen molar-refractivity contribution in [3.63, 3.8) is 0 Å². The number of H-pyrrole nitrogens is 1. The van der Waals surface area contributed by atoms with Crippen molar-refractivity contribution in [2.75, 3.05) is 19.7 Å². The van der Waals surface area contributed by atoms with Crippen LogP contribution >= 0.6 is 11.6 Å². The molecule has 0 fully saturated rings. The molecule has 0 radical (unpaired) electrons. The first kappa shape index (κ1) is 22.0. The van der Waals surface area contributed by atoms with Gasteiger partial charge in [-0.3, -0.25) is 4.79 Å². The summed E-state index contributed by atoms with van der Waals surface area (Å²) in [5, 5.41) is 0.766. The number of esters is 1. The largest absolute Gasteiger partial charge is 0.454 e. The number of hydrogen-bond acceptors (Lipinski definition) is 5. The van der Waals surface area contributed by atoms with Crippen LogP contribution in [0.2, 0.25) is 5.02 Å². The average molecular weight is 449 g/mol. The van der Waals surface area contributed by atoms with Crippen LogP contribution in [0.1, 0.15) is 34.6 Å². The van der Waals surface area contributed by atoms with Gasteiger partial charge in [-0.25, -0.2) is 13.2 Å². The number of para-hydroxylation sites is 1. The smallest absolute Gasteiger partial charge is 0.340 e. The second-order valence-electron chi connectivity index (χ2n) is 6.48. The van der Waals surface area contributed by atoms with Crippen LogP contribution in [0.5, 0.6) is 0 Å². The fourth-order valence-electron chi connectivity index (χ4n) is 3.12. The van der Waals surface area contributed by atoms with Crippen molar-refractivity contribution in [1.82, 2.24) is 9.29 Å². The topological polar surface area (TPSA) is 96.5 Å². The predicted octanol–water partition coefficient (Wildman–Crippen LogP) is 3.89.